The molecule has 0 unspecified atom stereocenters. The molecule has 0 atom stereocenters. The molecular formula is C17H13BrO3. The molecule has 0 radical (unpaired) electrons. The molecule has 0 fully saturated rings. The van der Waals surface area contributed by atoms with Crippen molar-refractivity contribution in [2.24, 2.45) is 0 Å². The van der Waals surface area contributed by atoms with Gasteiger partial charge in [0.15, 0.2) is 0 Å². The smallest absolute Gasteiger partial charge is 0.344 e. The van der Waals surface area contributed by atoms with Crippen LogP contribution in [0.25, 0.3) is 22.1 Å². The summed E-state index contributed by atoms with van der Waals surface area (Å²) < 4.78 is 11.5. The fourth-order valence-corrected chi connectivity index (χ4v) is 2.84. The van der Waals surface area contributed by atoms with E-state index in [0.29, 0.717) is 16.9 Å². The average molecular weight is 345 g/mol. The van der Waals surface area contributed by atoms with E-state index in [-0.39, 0.29) is 5.63 Å². The molecule has 4 heteroatoms. The molecule has 21 heavy (non-hydrogen) atoms. The van der Waals surface area contributed by atoms with Crippen LogP contribution in [0.2, 0.25) is 0 Å². The van der Waals surface area contributed by atoms with Gasteiger partial charge in [-0.2, -0.15) is 0 Å². The molecule has 0 aliphatic rings. The van der Waals surface area contributed by atoms with Crippen LogP contribution in [0.4, 0.5) is 0 Å². The van der Waals surface area contributed by atoms with Crippen molar-refractivity contribution in [2.75, 3.05) is 7.11 Å². The lowest BCUT2D eigenvalue weighted by molar-refractivity contribution is 0.414. The van der Waals surface area contributed by atoms with Gasteiger partial charge in [0.2, 0.25) is 0 Å². The van der Waals surface area contributed by atoms with E-state index in [4.69, 9.17) is 9.15 Å². The number of rotatable bonds is 2. The Morgan fingerprint density at radius 3 is 2.67 bits per heavy atom. The van der Waals surface area contributed by atoms with Gasteiger partial charge in [-0.3, -0.25) is 0 Å². The minimum atomic E-state index is -0.341. The normalized spacial score (nSPS) is 10.8. The SMILES string of the molecule is COc1ccc2c(C)c(-c3cccc(Br)c3)c(=O)oc2c1. The van der Waals surface area contributed by atoms with Crippen molar-refractivity contribution >= 4 is 26.9 Å². The highest BCUT2D eigenvalue weighted by Crippen LogP contribution is 2.29. The number of hydrogen-bond donors (Lipinski definition) is 0. The molecule has 3 rings (SSSR count). The Morgan fingerprint density at radius 2 is 1.95 bits per heavy atom. The van der Waals surface area contributed by atoms with Crippen LogP contribution >= 0.6 is 15.9 Å². The van der Waals surface area contributed by atoms with E-state index in [1.165, 1.54) is 0 Å². The molecule has 2 aromatic carbocycles. The van der Waals surface area contributed by atoms with E-state index >= 15 is 0 Å². The summed E-state index contributed by atoms with van der Waals surface area (Å²) in [6, 6.07) is 13.1. The number of fused-ring (bicyclic) bond motifs is 1. The zero-order valence-electron chi connectivity index (χ0n) is 11.6. The van der Waals surface area contributed by atoms with Gasteiger partial charge in [0.05, 0.1) is 12.7 Å². The minimum Gasteiger partial charge on any atom is -0.497 e. The maximum atomic E-state index is 12.3. The molecule has 1 heterocycles. The fraction of sp³-hybridized carbons (Fsp3) is 0.118. The molecule has 0 N–H and O–H groups in total. The maximum absolute atomic E-state index is 12.3. The van der Waals surface area contributed by atoms with Crippen LogP contribution in [0.3, 0.4) is 0 Å². The summed E-state index contributed by atoms with van der Waals surface area (Å²) >= 11 is 3.43. The second kappa shape index (κ2) is 5.37. The Morgan fingerprint density at radius 1 is 1.14 bits per heavy atom. The molecule has 0 aliphatic heterocycles. The molecule has 0 amide bonds. The lowest BCUT2D eigenvalue weighted by atomic mass is 10.00. The first kappa shape index (κ1) is 13.9. The van der Waals surface area contributed by atoms with Gasteiger partial charge in [0.1, 0.15) is 11.3 Å². The highest BCUT2D eigenvalue weighted by Gasteiger charge is 2.14. The number of hydrogen-bond acceptors (Lipinski definition) is 3. The molecule has 0 spiro atoms. The van der Waals surface area contributed by atoms with E-state index in [1.54, 1.807) is 13.2 Å². The zero-order valence-corrected chi connectivity index (χ0v) is 13.2. The average Bonchev–Trinajstić information content (AvgIpc) is 2.46. The van der Waals surface area contributed by atoms with Crippen LogP contribution < -0.4 is 10.4 Å². The van der Waals surface area contributed by atoms with Gasteiger partial charge in [-0.1, -0.05) is 28.1 Å². The summed E-state index contributed by atoms with van der Waals surface area (Å²) in [5, 5.41) is 0.908. The van der Waals surface area contributed by atoms with Crippen LogP contribution in [-0.2, 0) is 0 Å². The monoisotopic (exact) mass is 344 g/mol. The molecule has 3 aromatic rings. The number of aryl methyl sites for hydroxylation is 1. The highest BCUT2D eigenvalue weighted by atomic mass is 79.9. The number of halogens is 1. The van der Waals surface area contributed by atoms with Gasteiger partial charge in [0, 0.05) is 15.9 Å². The molecule has 1 aromatic heterocycles. The first-order chi connectivity index (χ1) is 10.1. The summed E-state index contributed by atoms with van der Waals surface area (Å²) in [7, 11) is 1.59. The second-order valence-electron chi connectivity index (χ2n) is 4.76. The lowest BCUT2D eigenvalue weighted by Crippen LogP contribution is -2.06. The molecule has 3 nitrogen and oxygen atoms in total. The highest BCUT2D eigenvalue weighted by molar-refractivity contribution is 9.10. The predicted molar refractivity (Wildman–Crippen MR) is 86.9 cm³/mol. The van der Waals surface area contributed by atoms with Gasteiger partial charge >= 0.3 is 5.63 Å². The van der Waals surface area contributed by atoms with Crippen molar-refractivity contribution < 1.29 is 9.15 Å². The van der Waals surface area contributed by atoms with Gasteiger partial charge in [-0.15, -0.1) is 0 Å². The first-order valence-electron chi connectivity index (χ1n) is 6.47. The summed E-state index contributed by atoms with van der Waals surface area (Å²) in [6.45, 7) is 1.93. The van der Waals surface area contributed by atoms with Gasteiger partial charge in [-0.25, -0.2) is 4.79 Å². The van der Waals surface area contributed by atoms with Crippen LogP contribution in [0.1, 0.15) is 5.56 Å². The van der Waals surface area contributed by atoms with Gasteiger partial charge in [0.25, 0.3) is 0 Å². The maximum Gasteiger partial charge on any atom is 0.344 e. The minimum absolute atomic E-state index is 0.341. The third-order valence-electron chi connectivity index (χ3n) is 3.49. The van der Waals surface area contributed by atoms with E-state index in [1.807, 2.05) is 43.3 Å². The molecule has 0 saturated heterocycles. The van der Waals surface area contributed by atoms with Gasteiger partial charge < -0.3 is 9.15 Å². The third-order valence-corrected chi connectivity index (χ3v) is 3.98. The van der Waals surface area contributed by atoms with Crippen molar-refractivity contribution in [3.8, 4) is 16.9 Å². The lowest BCUT2D eigenvalue weighted by Gasteiger charge is -2.09. The molecule has 0 bridgehead atoms. The van der Waals surface area contributed by atoms with E-state index in [9.17, 15) is 4.79 Å². The molecule has 106 valence electrons. The topological polar surface area (TPSA) is 39.4 Å². The van der Waals surface area contributed by atoms with Crippen molar-refractivity contribution in [2.45, 2.75) is 6.92 Å². The molecule has 0 saturated carbocycles. The molecular weight excluding hydrogens is 332 g/mol. The third kappa shape index (κ3) is 2.47. The second-order valence-corrected chi connectivity index (χ2v) is 5.68. The predicted octanol–water partition coefficient (Wildman–Crippen LogP) is 4.54. The Balaban J connectivity index is 2.32. The summed E-state index contributed by atoms with van der Waals surface area (Å²) in [5.74, 6) is 0.667. The van der Waals surface area contributed by atoms with E-state index in [0.717, 1.165) is 21.0 Å². The number of ether oxygens (including phenoxy) is 1. The Labute approximate surface area is 130 Å². The van der Waals surface area contributed by atoms with E-state index in [2.05, 4.69) is 15.9 Å². The first-order valence-corrected chi connectivity index (χ1v) is 7.27. The molecule has 0 aliphatic carbocycles. The summed E-state index contributed by atoms with van der Waals surface area (Å²) in [4.78, 5) is 12.3. The quantitative estimate of drug-likeness (QED) is 0.640. The van der Waals surface area contributed by atoms with Gasteiger partial charge in [-0.05, 0) is 42.3 Å². The largest absolute Gasteiger partial charge is 0.497 e. The van der Waals surface area contributed by atoms with Crippen LogP contribution in [0, 0.1) is 6.92 Å². The standard InChI is InChI=1S/C17H13BrO3/c1-10-14-7-6-13(20-2)9-15(14)21-17(19)16(10)11-4-3-5-12(18)8-11/h3-9H,1-2H3. The van der Waals surface area contributed by atoms with Crippen LogP contribution in [-0.4, -0.2) is 7.11 Å². The Hall–Kier alpha value is -2.07. The van der Waals surface area contributed by atoms with Crippen molar-refractivity contribution in [1.29, 1.82) is 0 Å². The number of methoxy groups -OCH3 is 1. The Bertz CT molecular complexity index is 881. The van der Waals surface area contributed by atoms with Crippen molar-refractivity contribution in [3.05, 3.63) is 62.9 Å². The summed E-state index contributed by atoms with van der Waals surface area (Å²) in [5.41, 5.74) is 2.53. The van der Waals surface area contributed by atoms with E-state index < -0.39 is 0 Å². The Kier molecular flexibility index (Phi) is 3.55. The van der Waals surface area contributed by atoms with Crippen molar-refractivity contribution in [3.63, 3.8) is 0 Å². The number of benzene rings is 2. The fourth-order valence-electron chi connectivity index (χ4n) is 2.44. The van der Waals surface area contributed by atoms with Crippen LogP contribution in [0.15, 0.2) is 56.1 Å². The van der Waals surface area contributed by atoms with Crippen molar-refractivity contribution in [1.82, 2.24) is 0 Å². The van der Waals surface area contributed by atoms with Crippen LogP contribution in [0.5, 0.6) is 5.75 Å². The zero-order chi connectivity index (χ0) is 15.0. The summed E-state index contributed by atoms with van der Waals surface area (Å²) in [6.07, 6.45) is 0.